The van der Waals surface area contributed by atoms with Gasteiger partial charge >= 0.3 is 0 Å². The minimum absolute atomic E-state index is 0.117. The van der Waals surface area contributed by atoms with Crippen molar-refractivity contribution in [2.75, 3.05) is 19.6 Å². The van der Waals surface area contributed by atoms with Crippen molar-refractivity contribution in [3.05, 3.63) is 47.7 Å². The third-order valence-corrected chi connectivity index (χ3v) is 3.88. The number of nitrogens with one attached hydrogen (secondary N) is 1. The molecule has 122 valence electrons. The van der Waals surface area contributed by atoms with Crippen LogP contribution in [0.4, 0.5) is 0 Å². The lowest BCUT2D eigenvalue weighted by Gasteiger charge is -2.21. The first-order valence-corrected chi connectivity index (χ1v) is 7.78. The highest BCUT2D eigenvalue weighted by molar-refractivity contribution is 5.92. The summed E-state index contributed by atoms with van der Waals surface area (Å²) < 4.78 is 11.0. The highest BCUT2D eigenvalue weighted by Crippen LogP contribution is 2.24. The molecule has 1 aliphatic rings. The van der Waals surface area contributed by atoms with Gasteiger partial charge in [-0.3, -0.25) is 9.69 Å². The van der Waals surface area contributed by atoms with E-state index in [0.29, 0.717) is 12.2 Å². The largest absolute Gasteiger partial charge is 0.489 e. The minimum atomic E-state index is -0.223. The number of hydrogen-bond acceptors (Lipinski definition) is 5. The minimum Gasteiger partial charge on any atom is -0.489 e. The molecule has 3 rings (SSSR count). The van der Waals surface area contributed by atoms with Gasteiger partial charge in [-0.15, -0.1) is 0 Å². The van der Waals surface area contributed by atoms with Crippen LogP contribution in [-0.2, 0) is 6.54 Å². The van der Waals surface area contributed by atoms with Crippen molar-refractivity contribution in [1.29, 1.82) is 0 Å². The van der Waals surface area contributed by atoms with Crippen LogP contribution in [-0.4, -0.2) is 41.5 Å². The Balaban J connectivity index is 1.56. The van der Waals surface area contributed by atoms with Crippen LogP contribution in [0.5, 0.6) is 5.75 Å². The van der Waals surface area contributed by atoms with E-state index in [4.69, 9.17) is 9.15 Å². The Morgan fingerprint density at radius 1 is 1.43 bits per heavy atom. The molecule has 1 aliphatic heterocycles. The zero-order valence-corrected chi connectivity index (χ0v) is 13.4. The first kappa shape index (κ1) is 15.6. The lowest BCUT2D eigenvalue weighted by Crippen LogP contribution is -2.37. The van der Waals surface area contributed by atoms with E-state index in [0.717, 1.165) is 25.4 Å². The maximum absolute atomic E-state index is 12.0. The molecule has 0 saturated heterocycles. The summed E-state index contributed by atoms with van der Waals surface area (Å²) >= 11 is 0. The molecular formula is C17H21N3O3. The topological polar surface area (TPSA) is 67.6 Å². The molecule has 2 aromatic rings. The third kappa shape index (κ3) is 3.71. The number of carbonyl (C=O) groups excluding carboxylic acids is 1. The van der Waals surface area contributed by atoms with Crippen molar-refractivity contribution in [3.63, 3.8) is 0 Å². The molecule has 1 aromatic heterocycles. The summed E-state index contributed by atoms with van der Waals surface area (Å²) in [5.74, 6) is 1.01. The monoisotopic (exact) mass is 315 g/mol. The number of oxazole rings is 1. The van der Waals surface area contributed by atoms with E-state index in [-0.39, 0.29) is 17.8 Å². The molecule has 2 heterocycles. The summed E-state index contributed by atoms with van der Waals surface area (Å²) in [6.45, 7) is 6.76. The van der Waals surface area contributed by atoms with Gasteiger partial charge < -0.3 is 14.5 Å². The molecule has 0 aliphatic carbocycles. The van der Waals surface area contributed by atoms with Crippen LogP contribution in [0.3, 0.4) is 0 Å². The number of aromatic nitrogens is 1. The second-order valence-electron chi connectivity index (χ2n) is 5.79. The van der Waals surface area contributed by atoms with E-state index in [1.165, 1.54) is 12.0 Å². The first-order valence-electron chi connectivity index (χ1n) is 7.78. The van der Waals surface area contributed by atoms with Crippen molar-refractivity contribution in [3.8, 4) is 5.75 Å². The van der Waals surface area contributed by atoms with Crippen molar-refractivity contribution in [2.45, 2.75) is 26.5 Å². The number of ether oxygens (including phenoxy) is 1. The van der Waals surface area contributed by atoms with Gasteiger partial charge in [0.25, 0.3) is 5.91 Å². The number of fused-ring (bicyclic) bond motifs is 1. The molecule has 1 N–H and O–H groups in total. The molecule has 1 aromatic carbocycles. The molecule has 23 heavy (non-hydrogen) atoms. The van der Waals surface area contributed by atoms with Gasteiger partial charge in [0, 0.05) is 31.7 Å². The van der Waals surface area contributed by atoms with E-state index >= 15 is 0 Å². The second kappa shape index (κ2) is 6.83. The summed E-state index contributed by atoms with van der Waals surface area (Å²) in [6.07, 6.45) is 1.40. The fraction of sp³-hybridized carbons (Fsp3) is 0.412. The zero-order valence-electron chi connectivity index (χ0n) is 13.4. The number of rotatable bonds is 4. The van der Waals surface area contributed by atoms with Crippen LogP contribution in [0.2, 0.25) is 0 Å². The number of para-hydroxylation sites is 1. The average Bonchev–Trinajstić information content (AvgIpc) is 2.87. The van der Waals surface area contributed by atoms with Crippen molar-refractivity contribution < 1.29 is 13.9 Å². The quantitative estimate of drug-likeness (QED) is 0.934. The van der Waals surface area contributed by atoms with Gasteiger partial charge in [-0.1, -0.05) is 18.2 Å². The summed E-state index contributed by atoms with van der Waals surface area (Å²) in [4.78, 5) is 18.2. The Labute approximate surface area is 135 Å². The van der Waals surface area contributed by atoms with Crippen molar-refractivity contribution in [2.24, 2.45) is 0 Å². The lowest BCUT2D eigenvalue weighted by atomic mass is 10.2. The lowest BCUT2D eigenvalue weighted by molar-refractivity contribution is 0.0916. The van der Waals surface area contributed by atoms with Gasteiger partial charge in [-0.25, -0.2) is 4.98 Å². The first-order chi connectivity index (χ1) is 11.1. The molecule has 6 nitrogen and oxygen atoms in total. The van der Waals surface area contributed by atoms with Crippen LogP contribution in [0, 0.1) is 6.92 Å². The van der Waals surface area contributed by atoms with Gasteiger partial charge in [-0.2, -0.15) is 0 Å². The molecule has 6 heteroatoms. The molecule has 0 saturated carbocycles. The Morgan fingerprint density at radius 3 is 3.04 bits per heavy atom. The van der Waals surface area contributed by atoms with E-state index < -0.39 is 0 Å². The second-order valence-corrected chi connectivity index (χ2v) is 5.79. The number of aryl methyl sites for hydroxylation is 1. The molecule has 1 amide bonds. The van der Waals surface area contributed by atoms with Crippen molar-refractivity contribution in [1.82, 2.24) is 15.2 Å². The number of hydrogen-bond donors (Lipinski definition) is 1. The summed E-state index contributed by atoms with van der Waals surface area (Å²) in [6, 6.07) is 8.09. The zero-order chi connectivity index (χ0) is 16.2. The standard InChI is InChI=1S/C17H21N3O3/c1-12-9-20(10-14-5-3-4-6-15(14)23-12)8-7-18-17(21)16-13(2)19-11-22-16/h3-6,11-12H,7-10H2,1-2H3,(H,18,21). The van der Waals surface area contributed by atoms with E-state index in [9.17, 15) is 4.79 Å². The Hall–Kier alpha value is -2.34. The van der Waals surface area contributed by atoms with Gasteiger partial charge in [0.2, 0.25) is 5.76 Å². The predicted octanol–water partition coefficient (Wildman–Crippen LogP) is 2.00. The van der Waals surface area contributed by atoms with Gasteiger partial charge in [-0.05, 0) is 19.9 Å². The van der Waals surface area contributed by atoms with E-state index in [1.54, 1.807) is 6.92 Å². The highest BCUT2D eigenvalue weighted by atomic mass is 16.5. The number of carbonyl (C=O) groups is 1. The normalized spacial score (nSPS) is 17.9. The molecule has 0 bridgehead atoms. The highest BCUT2D eigenvalue weighted by Gasteiger charge is 2.20. The Morgan fingerprint density at radius 2 is 2.26 bits per heavy atom. The molecule has 0 radical (unpaired) electrons. The Kier molecular flexibility index (Phi) is 4.62. The van der Waals surface area contributed by atoms with Crippen molar-refractivity contribution >= 4 is 5.91 Å². The maximum atomic E-state index is 12.0. The summed E-state index contributed by atoms with van der Waals surface area (Å²) in [5.41, 5.74) is 1.78. The average molecular weight is 315 g/mol. The number of benzene rings is 1. The van der Waals surface area contributed by atoms with Crippen LogP contribution in [0.25, 0.3) is 0 Å². The molecular weight excluding hydrogens is 294 g/mol. The third-order valence-electron chi connectivity index (χ3n) is 3.88. The maximum Gasteiger partial charge on any atom is 0.289 e. The van der Waals surface area contributed by atoms with Gasteiger partial charge in [0.05, 0.1) is 5.69 Å². The van der Waals surface area contributed by atoms with Crippen LogP contribution in [0.15, 0.2) is 35.1 Å². The summed E-state index contributed by atoms with van der Waals surface area (Å²) in [5, 5.41) is 2.88. The van der Waals surface area contributed by atoms with Crippen LogP contribution < -0.4 is 10.1 Å². The fourth-order valence-corrected chi connectivity index (χ4v) is 2.77. The molecule has 1 unspecified atom stereocenters. The SMILES string of the molecule is Cc1ncoc1C(=O)NCCN1Cc2ccccc2OC(C)C1. The molecule has 1 atom stereocenters. The van der Waals surface area contributed by atoms with Gasteiger partial charge in [0.15, 0.2) is 6.39 Å². The van der Waals surface area contributed by atoms with Crippen LogP contribution in [0.1, 0.15) is 28.7 Å². The Bertz CT molecular complexity index is 683. The van der Waals surface area contributed by atoms with E-state index in [2.05, 4.69) is 28.2 Å². The number of nitrogens with zero attached hydrogens (tertiary/aromatic N) is 2. The van der Waals surface area contributed by atoms with Crippen LogP contribution >= 0.6 is 0 Å². The predicted molar refractivity (Wildman–Crippen MR) is 85.4 cm³/mol. The fourth-order valence-electron chi connectivity index (χ4n) is 2.77. The smallest absolute Gasteiger partial charge is 0.289 e. The molecule has 0 spiro atoms. The summed E-state index contributed by atoms with van der Waals surface area (Å²) in [7, 11) is 0. The molecule has 0 fully saturated rings. The number of amides is 1. The van der Waals surface area contributed by atoms with Gasteiger partial charge in [0.1, 0.15) is 11.9 Å². The van der Waals surface area contributed by atoms with E-state index in [1.807, 2.05) is 18.2 Å².